The highest BCUT2D eigenvalue weighted by atomic mass is 16.3. The van der Waals surface area contributed by atoms with Crippen LogP contribution in [-0.2, 0) is 0 Å². The van der Waals surface area contributed by atoms with Gasteiger partial charge in [0.2, 0.25) is 0 Å². The van der Waals surface area contributed by atoms with Crippen LogP contribution >= 0.6 is 0 Å². The molecule has 0 amide bonds. The summed E-state index contributed by atoms with van der Waals surface area (Å²) in [5.41, 5.74) is 3.54. The summed E-state index contributed by atoms with van der Waals surface area (Å²) in [6, 6.07) is 6.16. The summed E-state index contributed by atoms with van der Waals surface area (Å²) >= 11 is 0. The minimum Gasteiger partial charge on any atom is -0.387 e. The molecular formula is C14H22N2O. The van der Waals surface area contributed by atoms with E-state index < -0.39 is 0 Å². The number of nitrogens with one attached hydrogen (secondary N) is 1. The topological polar surface area (TPSA) is 35.5 Å². The van der Waals surface area contributed by atoms with Gasteiger partial charge in [-0.15, -0.1) is 0 Å². The Morgan fingerprint density at radius 2 is 2.00 bits per heavy atom. The van der Waals surface area contributed by atoms with Gasteiger partial charge < -0.3 is 10.4 Å². The van der Waals surface area contributed by atoms with Crippen molar-refractivity contribution in [1.29, 1.82) is 0 Å². The molecular weight excluding hydrogens is 212 g/mol. The molecule has 3 nitrogen and oxygen atoms in total. The number of rotatable bonds is 3. The molecule has 94 valence electrons. The Labute approximate surface area is 103 Å². The van der Waals surface area contributed by atoms with E-state index in [0.29, 0.717) is 0 Å². The Morgan fingerprint density at radius 3 is 2.71 bits per heavy atom. The second kappa shape index (κ2) is 5.63. The Balaban J connectivity index is 2.03. The number of benzene rings is 1. The van der Waals surface area contributed by atoms with Crippen LogP contribution < -0.4 is 5.32 Å². The number of β-amino-alcohol motifs (C(OH)–C–C–N with tert-alkyl or cyclic N) is 1. The summed E-state index contributed by atoms with van der Waals surface area (Å²) in [4.78, 5) is 2.32. The lowest BCUT2D eigenvalue weighted by Gasteiger charge is -2.29. The molecule has 0 aromatic heterocycles. The molecule has 2 N–H and O–H groups in total. The quantitative estimate of drug-likeness (QED) is 0.826. The lowest BCUT2D eigenvalue weighted by molar-refractivity contribution is 0.105. The van der Waals surface area contributed by atoms with Crippen molar-refractivity contribution in [1.82, 2.24) is 10.2 Å². The number of nitrogens with zero attached hydrogens (tertiary/aromatic N) is 1. The molecule has 1 unspecified atom stereocenters. The van der Waals surface area contributed by atoms with Gasteiger partial charge in [0.05, 0.1) is 6.10 Å². The molecule has 0 aliphatic carbocycles. The van der Waals surface area contributed by atoms with Crippen molar-refractivity contribution in [2.75, 3.05) is 32.7 Å². The maximum Gasteiger partial charge on any atom is 0.0919 e. The van der Waals surface area contributed by atoms with Crippen LogP contribution in [0.1, 0.15) is 22.8 Å². The zero-order valence-corrected chi connectivity index (χ0v) is 10.7. The third-order valence-electron chi connectivity index (χ3n) is 3.65. The number of hydrogen-bond donors (Lipinski definition) is 2. The smallest absolute Gasteiger partial charge is 0.0919 e. The number of piperazine rings is 1. The van der Waals surface area contributed by atoms with Crippen LogP contribution in [0, 0.1) is 13.8 Å². The highest BCUT2D eigenvalue weighted by Crippen LogP contribution is 2.21. The van der Waals surface area contributed by atoms with Gasteiger partial charge in [0.1, 0.15) is 0 Å². The molecule has 1 fully saturated rings. The molecule has 0 bridgehead atoms. The van der Waals surface area contributed by atoms with Crippen molar-refractivity contribution in [2.45, 2.75) is 20.0 Å². The summed E-state index contributed by atoms with van der Waals surface area (Å²) in [5.74, 6) is 0. The van der Waals surface area contributed by atoms with Crippen molar-refractivity contribution in [2.24, 2.45) is 0 Å². The van der Waals surface area contributed by atoms with Crippen LogP contribution in [0.3, 0.4) is 0 Å². The molecule has 0 radical (unpaired) electrons. The molecule has 1 saturated heterocycles. The molecule has 1 aromatic rings. The fourth-order valence-corrected chi connectivity index (χ4v) is 2.37. The van der Waals surface area contributed by atoms with E-state index >= 15 is 0 Å². The normalized spacial score (nSPS) is 19.2. The van der Waals surface area contributed by atoms with E-state index in [4.69, 9.17) is 0 Å². The molecule has 1 aliphatic rings. The number of aryl methyl sites for hydroxylation is 1. The first kappa shape index (κ1) is 12.6. The van der Waals surface area contributed by atoms with Crippen LogP contribution in [0.5, 0.6) is 0 Å². The van der Waals surface area contributed by atoms with Crippen LogP contribution in [0.2, 0.25) is 0 Å². The fraction of sp³-hybridized carbons (Fsp3) is 0.571. The van der Waals surface area contributed by atoms with Crippen molar-refractivity contribution < 1.29 is 5.11 Å². The minimum atomic E-state index is -0.368. The average Bonchev–Trinajstić information content (AvgIpc) is 2.34. The summed E-state index contributed by atoms with van der Waals surface area (Å²) in [6.45, 7) is 9.04. The fourth-order valence-electron chi connectivity index (χ4n) is 2.37. The summed E-state index contributed by atoms with van der Waals surface area (Å²) in [6.07, 6.45) is -0.368. The molecule has 1 atom stereocenters. The van der Waals surface area contributed by atoms with Crippen LogP contribution in [0.25, 0.3) is 0 Å². The lowest BCUT2D eigenvalue weighted by atomic mass is 9.99. The number of aliphatic hydroxyl groups excluding tert-OH is 1. The first-order valence-corrected chi connectivity index (χ1v) is 6.35. The van der Waals surface area contributed by atoms with Gasteiger partial charge in [-0.3, -0.25) is 4.90 Å². The van der Waals surface area contributed by atoms with Gasteiger partial charge in [0.15, 0.2) is 0 Å². The Morgan fingerprint density at radius 1 is 1.29 bits per heavy atom. The second-order valence-corrected chi connectivity index (χ2v) is 4.86. The predicted molar refractivity (Wildman–Crippen MR) is 70.2 cm³/mol. The monoisotopic (exact) mass is 234 g/mol. The second-order valence-electron chi connectivity index (χ2n) is 4.86. The van der Waals surface area contributed by atoms with Crippen molar-refractivity contribution in [3.63, 3.8) is 0 Å². The third-order valence-corrected chi connectivity index (χ3v) is 3.65. The largest absolute Gasteiger partial charge is 0.387 e. The summed E-state index contributed by atoms with van der Waals surface area (Å²) in [5, 5.41) is 13.6. The van der Waals surface area contributed by atoms with E-state index in [1.807, 2.05) is 12.1 Å². The third kappa shape index (κ3) is 3.06. The van der Waals surface area contributed by atoms with Crippen LogP contribution in [-0.4, -0.2) is 42.7 Å². The number of aliphatic hydroxyl groups is 1. The maximum absolute atomic E-state index is 10.3. The Hall–Kier alpha value is -0.900. The molecule has 3 heteroatoms. The highest BCUT2D eigenvalue weighted by Gasteiger charge is 2.17. The van der Waals surface area contributed by atoms with Gasteiger partial charge in [-0.1, -0.05) is 18.2 Å². The molecule has 17 heavy (non-hydrogen) atoms. The predicted octanol–water partition coefficient (Wildman–Crippen LogP) is 1.24. The van der Waals surface area contributed by atoms with Gasteiger partial charge in [-0.2, -0.15) is 0 Å². The van der Waals surface area contributed by atoms with Gasteiger partial charge in [0.25, 0.3) is 0 Å². The summed E-state index contributed by atoms with van der Waals surface area (Å²) in [7, 11) is 0. The van der Waals surface area contributed by atoms with Crippen molar-refractivity contribution >= 4 is 0 Å². The maximum atomic E-state index is 10.3. The molecule has 0 spiro atoms. The zero-order chi connectivity index (χ0) is 12.3. The average molecular weight is 234 g/mol. The van der Waals surface area contributed by atoms with Gasteiger partial charge >= 0.3 is 0 Å². The van der Waals surface area contributed by atoms with Crippen molar-refractivity contribution in [3.8, 4) is 0 Å². The van der Waals surface area contributed by atoms with Crippen molar-refractivity contribution in [3.05, 3.63) is 34.9 Å². The summed E-state index contributed by atoms with van der Waals surface area (Å²) < 4.78 is 0. The first-order valence-electron chi connectivity index (χ1n) is 6.35. The standard InChI is InChI=1S/C14H22N2O/c1-11-4-3-5-13(12(11)2)14(17)10-16-8-6-15-7-9-16/h3-5,14-15,17H,6-10H2,1-2H3. The van der Waals surface area contributed by atoms with E-state index in [1.165, 1.54) is 11.1 Å². The van der Waals surface area contributed by atoms with E-state index in [9.17, 15) is 5.11 Å². The Bertz CT molecular complexity index is 372. The van der Waals surface area contributed by atoms with E-state index in [0.717, 1.165) is 38.3 Å². The zero-order valence-electron chi connectivity index (χ0n) is 10.7. The van der Waals surface area contributed by atoms with E-state index in [1.54, 1.807) is 0 Å². The molecule has 2 rings (SSSR count). The number of hydrogen-bond acceptors (Lipinski definition) is 3. The molecule has 1 aromatic carbocycles. The Kier molecular flexibility index (Phi) is 4.15. The van der Waals surface area contributed by atoms with E-state index in [2.05, 4.69) is 30.1 Å². The minimum absolute atomic E-state index is 0.368. The molecule has 1 heterocycles. The van der Waals surface area contributed by atoms with Gasteiger partial charge in [-0.25, -0.2) is 0 Å². The van der Waals surface area contributed by atoms with E-state index in [-0.39, 0.29) is 6.10 Å². The molecule has 1 aliphatic heterocycles. The highest BCUT2D eigenvalue weighted by molar-refractivity contribution is 5.34. The van der Waals surface area contributed by atoms with Gasteiger partial charge in [-0.05, 0) is 30.5 Å². The van der Waals surface area contributed by atoms with Crippen LogP contribution in [0.4, 0.5) is 0 Å². The van der Waals surface area contributed by atoms with Crippen LogP contribution in [0.15, 0.2) is 18.2 Å². The SMILES string of the molecule is Cc1cccc(C(O)CN2CCNCC2)c1C. The molecule has 0 saturated carbocycles. The lowest BCUT2D eigenvalue weighted by Crippen LogP contribution is -2.45. The van der Waals surface area contributed by atoms with Gasteiger partial charge in [0, 0.05) is 32.7 Å². The first-order chi connectivity index (χ1) is 8.18.